The first-order chi connectivity index (χ1) is 12.7. The Morgan fingerprint density at radius 3 is 2.81 bits per heavy atom. The van der Waals surface area contributed by atoms with Crippen molar-refractivity contribution in [1.29, 1.82) is 5.41 Å². The zero-order chi connectivity index (χ0) is 17.7. The molecule has 2 aromatic carbocycles. The maximum absolute atomic E-state index is 12.8. The number of fused-ring (bicyclic) bond motifs is 3. The molecule has 1 aliphatic rings. The smallest absolute Gasteiger partial charge is 0.186 e. The van der Waals surface area contributed by atoms with Crippen molar-refractivity contribution in [2.24, 2.45) is 0 Å². The number of thiazole rings is 1. The Morgan fingerprint density at radius 2 is 1.96 bits per heavy atom. The van der Waals surface area contributed by atoms with Crippen molar-refractivity contribution in [1.82, 2.24) is 9.97 Å². The molecule has 0 aliphatic carbocycles. The Kier molecular flexibility index (Phi) is 3.55. The minimum atomic E-state index is -0.539. The van der Waals surface area contributed by atoms with E-state index < -0.39 is 5.92 Å². The summed E-state index contributed by atoms with van der Waals surface area (Å²) in [5.41, 5.74) is 3.14. The van der Waals surface area contributed by atoms with E-state index in [0.717, 1.165) is 22.0 Å². The molecular formula is C20H13N3OS2. The molecule has 0 spiro atoms. The summed E-state index contributed by atoms with van der Waals surface area (Å²) in [6.07, 6.45) is 3.56. The second kappa shape index (κ2) is 5.93. The van der Waals surface area contributed by atoms with E-state index >= 15 is 0 Å². The number of carbonyl (C=O) groups excluding carboxylic acids is 1. The zero-order valence-corrected chi connectivity index (χ0v) is 15.2. The van der Waals surface area contributed by atoms with Gasteiger partial charge in [-0.3, -0.25) is 10.2 Å². The van der Waals surface area contributed by atoms with Crippen LogP contribution in [0.15, 0.2) is 58.9 Å². The lowest BCUT2D eigenvalue weighted by Crippen LogP contribution is -2.11. The van der Waals surface area contributed by atoms with Gasteiger partial charge in [-0.15, -0.1) is 11.3 Å². The van der Waals surface area contributed by atoms with Gasteiger partial charge in [0.05, 0.1) is 9.95 Å². The van der Waals surface area contributed by atoms with E-state index in [1.54, 1.807) is 6.20 Å². The van der Waals surface area contributed by atoms with Crippen molar-refractivity contribution in [2.45, 2.75) is 5.92 Å². The number of nitrogens with one attached hydrogen (secondary N) is 2. The van der Waals surface area contributed by atoms with Crippen LogP contribution >= 0.6 is 23.1 Å². The van der Waals surface area contributed by atoms with Crippen LogP contribution in [0.5, 0.6) is 0 Å². The highest BCUT2D eigenvalue weighted by Crippen LogP contribution is 2.41. The second-order valence-electron chi connectivity index (χ2n) is 6.12. The number of hydrogen-bond acceptors (Lipinski definition) is 5. The first-order valence-electron chi connectivity index (χ1n) is 8.13. The second-order valence-corrected chi connectivity index (χ2v) is 8.13. The normalized spacial score (nSPS) is 19.2. The van der Waals surface area contributed by atoms with Crippen molar-refractivity contribution in [3.8, 4) is 0 Å². The largest absolute Gasteiger partial charge is 0.355 e. The first-order valence-corrected chi connectivity index (χ1v) is 9.82. The average Bonchev–Trinajstić information content (AvgIpc) is 3.34. The number of para-hydroxylation sites is 1. The van der Waals surface area contributed by atoms with Crippen LogP contribution in [0.3, 0.4) is 0 Å². The molecule has 4 aromatic rings. The predicted molar refractivity (Wildman–Crippen MR) is 109 cm³/mol. The molecule has 2 aromatic heterocycles. The Labute approximate surface area is 157 Å². The summed E-state index contributed by atoms with van der Waals surface area (Å²) in [5, 5.41) is 13.4. The fraction of sp³-hybridized carbons (Fsp3) is 0.0500. The van der Waals surface area contributed by atoms with Gasteiger partial charge in [0.2, 0.25) is 0 Å². The Hall–Kier alpha value is -2.70. The quantitative estimate of drug-likeness (QED) is 0.473. The van der Waals surface area contributed by atoms with Crippen molar-refractivity contribution < 1.29 is 4.79 Å². The highest BCUT2D eigenvalue weighted by molar-refractivity contribution is 8.19. The predicted octanol–water partition coefficient (Wildman–Crippen LogP) is 5.20. The minimum Gasteiger partial charge on any atom is -0.355 e. The molecule has 5 rings (SSSR count). The number of ketones is 1. The van der Waals surface area contributed by atoms with E-state index in [9.17, 15) is 4.79 Å². The average molecular weight is 375 g/mol. The van der Waals surface area contributed by atoms with Gasteiger partial charge in [-0.2, -0.15) is 0 Å². The van der Waals surface area contributed by atoms with E-state index in [0.29, 0.717) is 15.0 Å². The van der Waals surface area contributed by atoms with Crippen molar-refractivity contribution in [3.63, 3.8) is 0 Å². The number of thioether (sulfide) groups is 1. The molecule has 0 bridgehead atoms. The maximum atomic E-state index is 12.8. The van der Waals surface area contributed by atoms with Crippen LogP contribution in [-0.4, -0.2) is 20.8 Å². The van der Waals surface area contributed by atoms with Crippen LogP contribution in [0.4, 0.5) is 0 Å². The lowest BCUT2D eigenvalue weighted by molar-refractivity contribution is -0.114. The number of rotatable bonds is 2. The number of Topliss-reactive ketones (excluding diaryl/α,β-unsaturated/α-hetero) is 1. The van der Waals surface area contributed by atoms with E-state index in [-0.39, 0.29) is 5.78 Å². The molecule has 1 atom stereocenters. The van der Waals surface area contributed by atoms with Gasteiger partial charge < -0.3 is 4.98 Å². The summed E-state index contributed by atoms with van der Waals surface area (Å²) >= 11 is 2.66. The third kappa shape index (κ3) is 2.41. The zero-order valence-electron chi connectivity index (χ0n) is 13.5. The van der Waals surface area contributed by atoms with Gasteiger partial charge in [0.1, 0.15) is 10.9 Å². The van der Waals surface area contributed by atoms with Gasteiger partial charge in [-0.25, -0.2) is 4.98 Å². The molecule has 6 heteroatoms. The molecular weight excluding hydrogens is 362 g/mol. The van der Waals surface area contributed by atoms with Crippen molar-refractivity contribution >= 4 is 61.8 Å². The van der Waals surface area contributed by atoms with E-state index in [1.807, 2.05) is 35.7 Å². The van der Waals surface area contributed by atoms with Crippen LogP contribution < -0.4 is 0 Å². The molecule has 4 nitrogen and oxygen atoms in total. The summed E-state index contributed by atoms with van der Waals surface area (Å²) in [6, 6.07) is 14.3. The number of aromatic amines is 1. The lowest BCUT2D eigenvalue weighted by Gasteiger charge is -2.01. The van der Waals surface area contributed by atoms with Crippen LogP contribution in [-0.2, 0) is 4.79 Å². The molecule has 1 aliphatic heterocycles. The Balaban J connectivity index is 1.57. The van der Waals surface area contributed by atoms with Crippen molar-refractivity contribution in [2.75, 3.05) is 0 Å². The third-order valence-corrected chi connectivity index (χ3v) is 6.35. The molecule has 0 saturated carbocycles. The Bertz CT molecular complexity index is 1200. The van der Waals surface area contributed by atoms with E-state index in [1.165, 1.54) is 28.5 Å². The lowest BCUT2D eigenvalue weighted by atomic mass is 10.0. The molecule has 26 heavy (non-hydrogen) atoms. The van der Waals surface area contributed by atoms with Crippen LogP contribution in [0.1, 0.15) is 16.5 Å². The Morgan fingerprint density at radius 1 is 1.12 bits per heavy atom. The SMILES string of the molecule is N=C1S/C(=C\c2ccc3[nH]c4ccccc4c3c2)C(=O)[C@H]1c1nccs1. The van der Waals surface area contributed by atoms with Gasteiger partial charge in [0.15, 0.2) is 5.78 Å². The van der Waals surface area contributed by atoms with Gasteiger partial charge >= 0.3 is 0 Å². The van der Waals surface area contributed by atoms with E-state index in [2.05, 4.69) is 28.2 Å². The summed E-state index contributed by atoms with van der Waals surface area (Å²) in [6.45, 7) is 0. The monoisotopic (exact) mass is 375 g/mol. The highest BCUT2D eigenvalue weighted by atomic mass is 32.2. The number of aromatic nitrogens is 2. The van der Waals surface area contributed by atoms with Crippen LogP contribution in [0.2, 0.25) is 0 Å². The molecule has 126 valence electrons. The van der Waals surface area contributed by atoms with E-state index in [4.69, 9.17) is 5.41 Å². The number of H-pyrrole nitrogens is 1. The number of allylic oxidation sites excluding steroid dienone is 1. The van der Waals surface area contributed by atoms with Crippen LogP contribution in [0.25, 0.3) is 27.9 Å². The molecule has 2 N–H and O–H groups in total. The summed E-state index contributed by atoms with van der Waals surface area (Å²) in [7, 11) is 0. The highest BCUT2D eigenvalue weighted by Gasteiger charge is 2.38. The summed E-state index contributed by atoms with van der Waals surface area (Å²) < 4.78 is 0. The van der Waals surface area contributed by atoms with Gasteiger partial charge in [-0.05, 0) is 29.8 Å². The maximum Gasteiger partial charge on any atom is 0.186 e. The molecule has 1 fully saturated rings. The van der Waals surface area contributed by atoms with Crippen molar-refractivity contribution in [3.05, 3.63) is 69.5 Å². The summed E-state index contributed by atoms with van der Waals surface area (Å²) in [5.74, 6) is -0.572. The van der Waals surface area contributed by atoms with Gasteiger partial charge in [0, 0.05) is 33.4 Å². The molecule has 0 amide bonds. The van der Waals surface area contributed by atoms with Gasteiger partial charge in [0.25, 0.3) is 0 Å². The third-order valence-electron chi connectivity index (χ3n) is 4.51. The number of hydrogen-bond donors (Lipinski definition) is 2. The fourth-order valence-electron chi connectivity index (χ4n) is 3.30. The molecule has 1 saturated heterocycles. The molecule has 0 unspecified atom stereocenters. The van der Waals surface area contributed by atoms with Crippen LogP contribution in [0, 0.1) is 5.41 Å². The number of nitrogens with zero attached hydrogens (tertiary/aromatic N) is 1. The summed E-state index contributed by atoms with van der Waals surface area (Å²) in [4.78, 5) is 21.0. The van der Waals surface area contributed by atoms with Gasteiger partial charge in [-0.1, -0.05) is 36.0 Å². The minimum absolute atomic E-state index is 0.0334. The standard InChI is InChI=1S/C20H13N3OS2/c21-19-17(20-22-7-8-25-20)18(24)16(26-19)10-11-5-6-15-13(9-11)12-3-1-2-4-14(12)23-15/h1-10,17,21,23H/b16-10-,21-19?/t17-/m1/s1. The topological polar surface area (TPSA) is 69.6 Å². The molecule has 0 radical (unpaired) electrons. The first kappa shape index (κ1) is 15.5. The molecule has 3 heterocycles. The number of carbonyl (C=O) groups is 1. The number of benzene rings is 2. The fourth-order valence-corrected chi connectivity index (χ4v) is 5.10.